The molecule has 1 saturated heterocycles. The summed E-state index contributed by atoms with van der Waals surface area (Å²) in [4.78, 5) is 26.9. The third kappa shape index (κ3) is 3.87. The molecule has 0 aromatic heterocycles. The van der Waals surface area contributed by atoms with Crippen LogP contribution in [0, 0.1) is 5.82 Å². The van der Waals surface area contributed by atoms with Crippen molar-refractivity contribution < 1.29 is 14.0 Å². The van der Waals surface area contributed by atoms with E-state index in [1.54, 1.807) is 4.90 Å². The summed E-state index contributed by atoms with van der Waals surface area (Å²) >= 11 is 0. The molecule has 0 radical (unpaired) electrons. The molecule has 0 spiro atoms. The van der Waals surface area contributed by atoms with Crippen LogP contribution in [0.5, 0.6) is 0 Å². The number of rotatable bonds is 4. The van der Waals surface area contributed by atoms with Crippen LogP contribution in [0.3, 0.4) is 0 Å². The fraction of sp³-hybridized carbons (Fsp3) is 0.300. The van der Waals surface area contributed by atoms with E-state index in [2.05, 4.69) is 5.32 Å². The minimum Gasteiger partial charge on any atom is -0.348 e. The lowest BCUT2D eigenvalue weighted by molar-refractivity contribution is -0.125. The Labute approximate surface area is 146 Å². The number of hydrogen-bond donors (Lipinski definition) is 1. The van der Waals surface area contributed by atoms with Crippen LogP contribution < -0.4 is 5.32 Å². The second-order valence-electron chi connectivity index (χ2n) is 6.30. The summed E-state index contributed by atoms with van der Waals surface area (Å²) in [6, 6.07) is 14.5. The quantitative estimate of drug-likeness (QED) is 0.928. The molecule has 25 heavy (non-hydrogen) atoms. The first kappa shape index (κ1) is 17.1. The van der Waals surface area contributed by atoms with E-state index in [1.807, 2.05) is 37.3 Å². The van der Waals surface area contributed by atoms with E-state index in [0.29, 0.717) is 18.5 Å². The fourth-order valence-electron chi connectivity index (χ4n) is 3.18. The van der Waals surface area contributed by atoms with Crippen molar-refractivity contribution in [1.29, 1.82) is 0 Å². The summed E-state index contributed by atoms with van der Waals surface area (Å²) in [6.45, 7) is 2.46. The molecule has 0 unspecified atom stereocenters. The van der Waals surface area contributed by atoms with Gasteiger partial charge in [0.2, 0.25) is 5.91 Å². The molecule has 2 aromatic carbocycles. The fourth-order valence-corrected chi connectivity index (χ4v) is 3.18. The van der Waals surface area contributed by atoms with Gasteiger partial charge in [0, 0.05) is 12.1 Å². The van der Waals surface area contributed by atoms with Crippen molar-refractivity contribution in [2.24, 2.45) is 0 Å². The highest BCUT2D eigenvalue weighted by atomic mass is 19.1. The van der Waals surface area contributed by atoms with Gasteiger partial charge in [-0.3, -0.25) is 9.59 Å². The normalized spacial score (nSPS) is 18.0. The topological polar surface area (TPSA) is 49.4 Å². The highest BCUT2D eigenvalue weighted by Gasteiger charge is 2.35. The number of likely N-dealkylation sites (tertiary alicyclic amines) is 1. The molecule has 1 heterocycles. The van der Waals surface area contributed by atoms with Gasteiger partial charge in [-0.2, -0.15) is 0 Å². The van der Waals surface area contributed by atoms with Crippen molar-refractivity contribution in [3.05, 3.63) is 71.5 Å². The predicted molar refractivity (Wildman–Crippen MR) is 93.5 cm³/mol. The lowest BCUT2D eigenvalue weighted by atomic mass is 10.1. The molecule has 2 atom stereocenters. The van der Waals surface area contributed by atoms with Crippen LogP contribution in [0.2, 0.25) is 0 Å². The molecule has 0 saturated carbocycles. The van der Waals surface area contributed by atoms with Gasteiger partial charge >= 0.3 is 0 Å². The third-order valence-corrected chi connectivity index (χ3v) is 4.57. The average Bonchev–Trinajstić information content (AvgIpc) is 3.12. The standard InChI is InChI=1S/C20H21FN2O2/c1-14(15-6-3-2-4-7-15)22-19(24)18-8-5-13-23(18)20(25)16-9-11-17(21)12-10-16/h2-4,6-7,9-12,14,18H,5,8,13H2,1H3,(H,22,24)/t14-,18+/m1/s1. The van der Waals surface area contributed by atoms with Crippen LogP contribution >= 0.6 is 0 Å². The lowest BCUT2D eigenvalue weighted by Gasteiger charge is -2.25. The van der Waals surface area contributed by atoms with E-state index in [1.165, 1.54) is 24.3 Å². The molecule has 2 aromatic rings. The van der Waals surface area contributed by atoms with Crippen LogP contribution in [0.25, 0.3) is 0 Å². The average molecular weight is 340 g/mol. The van der Waals surface area contributed by atoms with Gasteiger partial charge in [-0.25, -0.2) is 4.39 Å². The summed E-state index contributed by atoms with van der Waals surface area (Å²) in [5.74, 6) is -0.765. The third-order valence-electron chi connectivity index (χ3n) is 4.57. The summed E-state index contributed by atoms with van der Waals surface area (Å²) in [5.41, 5.74) is 1.42. The van der Waals surface area contributed by atoms with Crippen molar-refractivity contribution in [1.82, 2.24) is 10.2 Å². The number of benzene rings is 2. The number of amides is 2. The number of hydrogen-bond acceptors (Lipinski definition) is 2. The molecule has 5 heteroatoms. The molecule has 0 aliphatic carbocycles. The van der Waals surface area contributed by atoms with Gasteiger partial charge < -0.3 is 10.2 Å². The maximum atomic E-state index is 13.0. The molecule has 4 nitrogen and oxygen atoms in total. The van der Waals surface area contributed by atoms with Crippen molar-refractivity contribution in [2.75, 3.05) is 6.54 Å². The zero-order chi connectivity index (χ0) is 17.8. The molecule has 2 amide bonds. The van der Waals surface area contributed by atoms with Crippen LogP contribution in [0.15, 0.2) is 54.6 Å². The highest BCUT2D eigenvalue weighted by Crippen LogP contribution is 2.22. The van der Waals surface area contributed by atoms with Crippen molar-refractivity contribution in [3.8, 4) is 0 Å². The molecule has 1 aliphatic rings. The number of nitrogens with zero attached hydrogens (tertiary/aromatic N) is 1. The lowest BCUT2D eigenvalue weighted by Crippen LogP contribution is -2.46. The summed E-state index contributed by atoms with van der Waals surface area (Å²) in [6.07, 6.45) is 1.42. The van der Waals surface area contributed by atoms with Crippen LogP contribution in [-0.4, -0.2) is 29.3 Å². The van der Waals surface area contributed by atoms with Gasteiger partial charge in [0.1, 0.15) is 11.9 Å². The van der Waals surface area contributed by atoms with Gasteiger partial charge in [-0.1, -0.05) is 30.3 Å². The SMILES string of the molecule is C[C@@H](NC(=O)[C@@H]1CCCN1C(=O)c1ccc(F)cc1)c1ccccc1. The Balaban J connectivity index is 1.69. The first-order valence-corrected chi connectivity index (χ1v) is 8.48. The smallest absolute Gasteiger partial charge is 0.254 e. The minimum absolute atomic E-state index is 0.128. The molecule has 1 aliphatic heterocycles. The Morgan fingerprint density at radius 3 is 2.48 bits per heavy atom. The van der Waals surface area contributed by atoms with Crippen molar-refractivity contribution >= 4 is 11.8 Å². The van der Waals surface area contributed by atoms with Gasteiger partial charge in [0.15, 0.2) is 0 Å². The second-order valence-corrected chi connectivity index (χ2v) is 6.30. The maximum Gasteiger partial charge on any atom is 0.254 e. The molecule has 1 fully saturated rings. The Morgan fingerprint density at radius 1 is 1.12 bits per heavy atom. The summed E-state index contributed by atoms with van der Waals surface area (Å²) in [5, 5.41) is 2.99. The monoisotopic (exact) mass is 340 g/mol. The molecule has 3 rings (SSSR count). The van der Waals surface area contributed by atoms with Crippen LogP contribution in [-0.2, 0) is 4.79 Å². The minimum atomic E-state index is -0.483. The van der Waals surface area contributed by atoms with Crippen molar-refractivity contribution in [3.63, 3.8) is 0 Å². The molecular weight excluding hydrogens is 319 g/mol. The second kappa shape index (κ2) is 7.47. The van der Waals surface area contributed by atoms with E-state index in [0.717, 1.165) is 12.0 Å². The first-order valence-electron chi connectivity index (χ1n) is 8.48. The summed E-state index contributed by atoms with van der Waals surface area (Å²) < 4.78 is 13.0. The number of halogens is 1. The Hall–Kier alpha value is -2.69. The molecule has 1 N–H and O–H groups in total. The first-order chi connectivity index (χ1) is 12.1. The van der Waals surface area contributed by atoms with E-state index in [4.69, 9.17) is 0 Å². The van der Waals surface area contributed by atoms with E-state index < -0.39 is 6.04 Å². The Bertz CT molecular complexity index is 746. The Morgan fingerprint density at radius 2 is 1.80 bits per heavy atom. The van der Waals surface area contributed by atoms with Crippen molar-refractivity contribution in [2.45, 2.75) is 31.8 Å². The Kier molecular flexibility index (Phi) is 5.12. The van der Waals surface area contributed by atoms with E-state index in [9.17, 15) is 14.0 Å². The van der Waals surface area contributed by atoms with Crippen LogP contribution in [0.4, 0.5) is 4.39 Å². The van der Waals surface area contributed by atoms with E-state index in [-0.39, 0.29) is 23.7 Å². The van der Waals surface area contributed by atoms with Gasteiger partial charge in [-0.15, -0.1) is 0 Å². The summed E-state index contributed by atoms with van der Waals surface area (Å²) in [7, 11) is 0. The highest BCUT2D eigenvalue weighted by molar-refractivity contribution is 5.98. The van der Waals surface area contributed by atoms with Crippen LogP contribution in [0.1, 0.15) is 41.7 Å². The van der Waals surface area contributed by atoms with Gasteiger partial charge in [0.05, 0.1) is 6.04 Å². The van der Waals surface area contributed by atoms with Gasteiger partial charge in [-0.05, 0) is 49.6 Å². The molecule has 130 valence electrons. The number of nitrogens with one attached hydrogen (secondary N) is 1. The zero-order valence-electron chi connectivity index (χ0n) is 14.1. The number of carbonyl (C=O) groups is 2. The predicted octanol–water partition coefficient (Wildman–Crippen LogP) is 3.31. The van der Waals surface area contributed by atoms with E-state index >= 15 is 0 Å². The zero-order valence-corrected chi connectivity index (χ0v) is 14.1. The number of carbonyl (C=O) groups excluding carboxylic acids is 2. The molecule has 0 bridgehead atoms. The largest absolute Gasteiger partial charge is 0.348 e. The molecular formula is C20H21FN2O2. The maximum absolute atomic E-state index is 13.0. The van der Waals surface area contributed by atoms with Gasteiger partial charge in [0.25, 0.3) is 5.91 Å².